The van der Waals surface area contributed by atoms with Crippen LogP contribution >= 0.6 is 0 Å². The van der Waals surface area contributed by atoms with Crippen LogP contribution in [0.3, 0.4) is 0 Å². The molecule has 1 aliphatic rings. The minimum atomic E-state index is -0.262. The van der Waals surface area contributed by atoms with Gasteiger partial charge in [0.05, 0.1) is 13.2 Å². The first-order valence-electron chi connectivity index (χ1n) is 7.34. The minimum absolute atomic E-state index is 0.125. The van der Waals surface area contributed by atoms with Crippen molar-refractivity contribution in [2.24, 2.45) is 0 Å². The van der Waals surface area contributed by atoms with Crippen LogP contribution in [0.15, 0.2) is 24.3 Å². The standard InChI is InChI=1S/C16H22N2O3/c1-3-21-16(20)18-10-8-17(9-11-18)12-15(19)14-6-4-13(2)5-7-14/h4-7H,3,8-12H2,1-2H3. The van der Waals surface area contributed by atoms with Crippen molar-refractivity contribution in [3.05, 3.63) is 35.4 Å². The van der Waals surface area contributed by atoms with Crippen molar-refractivity contribution in [3.8, 4) is 0 Å². The molecular weight excluding hydrogens is 268 g/mol. The number of benzene rings is 1. The molecule has 5 heteroatoms. The number of aryl methyl sites for hydroxylation is 1. The van der Waals surface area contributed by atoms with Gasteiger partial charge in [0, 0.05) is 31.7 Å². The van der Waals surface area contributed by atoms with Gasteiger partial charge in [0.1, 0.15) is 0 Å². The summed E-state index contributed by atoms with van der Waals surface area (Å²) in [6, 6.07) is 7.64. The summed E-state index contributed by atoms with van der Waals surface area (Å²) in [5, 5.41) is 0. The second-order valence-electron chi connectivity index (χ2n) is 5.25. The quantitative estimate of drug-likeness (QED) is 0.795. The van der Waals surface area contributed by atoms with Crippen molar-refractivity contribution in [1.29, 1.82) is 0 Å². The number of rotatable bonds is 4. The second-order valence-corrected chi connectivity index (χ2v) is 5.25. The number of carbonyl (C=O) groups excluding carboxylic acids is 2. The number of ether oxygens (including phenoxy) is 1. The zero-order chi connectivity index (χ0) is 15.2. The summed E-state index contributed by atoms with van der Waals surface area (Å²) >= 11 is 0. The molecule has 2 rings (SSSR count). The van der Waals surface area contributed by atoms with E-state index in [0.29, 0.717) is 39.3 Å². The molecule has 114 valence electrons. The number of carbonyl (C=O) groups is 2. The molecule has 5 nitrogen and oxygen atoms in total. The van der Waals surface area contributed by atoms with Crippen molar-refractivity contribution in [1.82, 2.24) is 9.80 Å². The van der Waals surface area contributed by atoms with Crippen LogP contribution in [0.2, 0.25) is 0 Å². The van der Waals surface area contributed by atoms with Crippen LogP contribution in [0.1, 0.15) is 22.8 Å². The Morgan fingerprint density at radius 2 is 1.71 bits per heavy atom. The van der Waals surface area contributed by atoms with E-state index in [9.17, 15) is 9.59 Å². The molecule has 0 aromatic heterocycles. The zero-order valence-corrected chi connectivity index (χ0v) is 12.7. The normalized spacial score (nSPS) is 15.8. The van der Waals surface area contributed by atoms with Crippen LogP contribution < -0.4 is 0 Å². The number of nitrogens with zero attached hydrogens (tertiary/aromatic N) is 2. The monoisotopic (exact) mass is 290 g/mol. The maximum atomic E-state index is 12.2. The topological polar surface area (TPSA) is 49.9 Å². The van der Waals surface area contributed by atoms with E-state index in [4.69, 9.17) is 4.74 Å². The Morgan fingerprint density at radius 1 is 1.10 bits per heavy atom. The van der Waals surface area contributed by atoms with Crippen LogP contribution in [-0.4, -0.2) is 61.0 Å². The average Bonchev–Trinajstić information content (AvgIpc) is 2.49. The highest BCUT2D eigenvalue weighted by atomic mass is 16.6. The number of hydrogen-bond acceptors (Lipinski definition) is 4. The van der Waals surface area contributed by atoms with Gasteiger partial charge in [-0.15, -0.1) is 0 Å². The van der Waals surface area contributed by atoms with Crippen molar-refractivity contribution in [2.45, 2.75) is 13.8 Å². The predicted octanol–water partition coefficient (Wildman–Crippen LogP) is 1.95. The molecule has 1 aliphatic heterocycles. The summed E-state index contributed by atoms with van der Waals surface area (Å²) in [6.07, 6.45) is -0.262. The predicted molar refractivity (Wildman–Crippen MR) is 80.5 cm³/mol. The maximum Gasteiger partial charge on any atom is 0.409 e. The van der Waals surface area contributed by atoms with E-state index in [1.807, 2.05) is 31.2 Å². The third kappa shape index (κ3) is 4.29. The summed E-state index contributed by atoms with van der Waals surface area (Å²) in [4.78, 5) is 27.6. The highest BCUT2D eigenvalue weighted by Gasteiger charge is 2.23. The van der Waals surface area contributed by atoms with Gasteiger partial charge in [-0.2, -0.15) is 0 Å². The number of amides is 1. The van der Waals surface area contributed by atoms with E-state index in [1.54, 1.807) is 11.8 Å². The van der Waals surface area contributed by atoms with Crippen molar-refractivity contribution in [2.75, 3.05) is 39.3 Å². The fourth-order valence-electron chi connectivity index (χ4n) is 2.34. The van der Waals surface area contributed by atoms with Gasteiger partial charge in [0.25, 0.3) is 0 Å². The lowest BCUT2D eigenvalue weighted by atomic mass is 10.1. The molecule has 0 atom stereocenters. The molecule has 0 saturated carbocycles. The molecule has 0 unspecified atom stereocenters. The molecule has 1 aromatic carbocycles. The van der Waals surface area contributed by atoms with E-state index in [0.717, 1.165) is 11.1 Å². The van der Waals surface area contributed by atoms with Crippen molar-refractivity contribution < 1.29 is 14.3 Å². The molecule has 1 aromatic rings. The van der Waals surface area contributed by atoms with Gasteiger partial charge in [-0.1, -0.05) is 29.8 Å². The van der Waals surface area contributed by atoms with E-state index in [1.165, 1.54) is 0 Å². The fraction of sp³-hybridized carbons (Fsp3) is 0.500. The molecule has 1 amide bonds. The summed E-state index contributed by atoms with van der Waals surface area (Å²) in [5.41, 5.74) is 1.89. The summed E-state index contributed by atoms with van der Waals surface area (Å²) in [5.74, 6) is 0.125. The molecule has 0 radical (unpaired) electrons. The molecule has 21 heavy (non-hydrogen) atoms. The van der Waals surface area contributed by atoms with Gasteiger partial charge in [-0.3, -0.25) is 9.69 Å². The van der Waals surface area contributed by atoms with Crippen LogP contribution in [0, 0.1) is 6.92 Å². The lowest BCUT2D eigenvalue weighted by Crippen LogP contribution is -2.50. The Kier molecular flexibility index (Phi) is 5.33. The molecule has 0 spiro atoms. The van der Waals surface area contributed by atoms with Crippen LogP contribution in [0.25, 0.3) is 0 Å². The lowest BCUT2D eigenvalue weighted by Gasteiger charge is -2.33. The first kappa shape index (κ1) is 15.5. The maximum absolute atomic E-state index is 12.2. The summed E-state index contributed by atoms with van der Waals surface area (Å²) < 4.78 is 4.98. The Balaban J connectivity index is 1.82. The van der Waals surface area contributed by atoms with Gasteiger partial charge < -0.3 is 9.64 Å². The average molecular weight is 290 g/mol. The first-order chi connectivity index (χ1) is 10.1. The fourth-order valence-corrected chi connectivity index (χ4v) is 2.34. The van der Waals surface area contributed by atoms with Gasteiger partial charge in [0.2, 0.25) is 0 Å². The van der Waals surface area contributed by atoms with Crippen LogP contribution in [0.5, 0.6) is 0 Å². The molecule has 1 heterocycles. The Bertz CT molecular complexity index is 491. The molecular formula is C16H22N2O3. The van der Waals surface area contributed by atoms with E-state index < -0.39 is 0 Å². The van der Waals surface area contributed by atoms with Gasteiger partial charge >= 0.3 is 6.09 Å². The lowest BCUT2D eigenvalue weighted by molar-refractivity contribution is 0.0733. The van der Waals surface area contributed by atoms with Gasteiger partial charge in [0.15, 0.2) is 5.78 Å². The highest BCUT2D eigenvalue weighted by molar-refractivity contribution is 5.97. The Labute approximate surface area is 125 Å². The van der Waals surface area contributed by atoms with Crippen LogP contribution in [-0.2, 0) is 4.74 Å². The molecule has 0 bridgehead atoms. The largest absolute Gasteiger partial charge is 0.450 e. The van der Waals surface area contributed by atoms with E-state index in [2.05, 4.69) is 4.90 Å². The molecule has 0 N–H and O–H groups in total. The molecule has 1 saturated heterocycles. The third-order valence-corrected chi connectivity index (χ3v) is 3.64. The summed E-state index contributed by atoms with van der Waals surface area (Å²) in [7, 11) is 0. The van der Waals surface area contributed by atoms with Gasteiger partial charge in [-0.25, -0.2) is 4.79 Å². The van der Waals surface area contributed by atoms with Crippen molar-refractivity contribution in [3.63, 3.8) is 0 Å². The van der Waals surface area contributed by atoms with Crippen molar-refractivity contribution >= 4 is 11.9 Å². The number of piperazine rings is 1. The smallest absolute Gasteiger partial charge is 0.409 e. The Morgan fingerprint density at radius 3 is 2.29 bits per heavy atom. The minimum Gasteiger partial charge on any atom is -0.450 e. The van der Waals surface area contributed by atoms with E-state index in [-0.39, 0.29) is 11.9 Å². The highest BCUT2D eigenvalue weighted by Crippen LogP contribution is 2.08. The van der Waals surface area contributed by atoms with Gasteiger partial charge in [-0.05, 0) is 13.8 Å². The third-order valence-electron chi connectivity index (χ3n) is 3.64. The molecule has 1 fully saturated rings. The second kappa shape index (κ2) is 7.22. The summed E-state index contributed by atoms with van der Waals surface area (Å²) in [6.45, 7) is 7.23. The Hall–Kier alpha value is -1.88. The van der Waals surface area contributed by atoms with E-state index >= 15 is 0 Å². The molecule has 0 aliphatic carbocycles. The van der Waals surface area contributed by atoms with Crippen LogP contribution in [0.4, 0.5) is 4.79 Å². The number of ketones is 1. The first-order valence-corrected chi connectivity index (χ1v) is 7.34. The number of Topliss-reactive ketones (excluding diaryl/α,β-unsaturated/α-hetero) is 1. The zero-order valence-electron chi connectivity index (χ0n) is 12.7. The SMILES string of the molecule is CCOC(=O)N1CCN(CC(=O)c2ccc(C)cc2)CC1. The number of hydrogen-bond donors (Lipinski definition) is 0.